The van der Waals surface area contributed by atoms with Crippen molar-refractivity contribution in [3.8, 4) is 22.8 Å². The van der Waals surface area contributed by atoms with Gasteiger partial charge >= 0.3 is 0 Å². The maximum atomic E-state index is 14.0. The number of fused-ring (bicyclic) bond motifs is 4. The molecule has 2 aliphatic heterocycles. The van der Waals surface area contributed by atoms with E-state index in [1.165, 1.54) is 38.3 Å². The van der Waals surface area contributed by atoms with Gasteiger partial charge < -0.3 is 28.5 Å². The molecular formula is C31H34N4O7S. The Balaban J connectivity index is 1.14. The molecule has 0 unspecified atom stereocenters. The number of carbonyl (C=O) groups excluding carboxylic acids is 1. The van der Waals surface area contributed by atoms with Crippen LogP contribution in [0.4, 0.5) is 11.5 Å². The molecule has 12 heteroatoms. The summed E-state index contributed by atoms with van der Waals surface area (Å²) >= 11 is 0. The summed E-state index contributed by atoms with van der Waals surface area (Å²) in [6, 6.07) is 9.47. The lowest BCUT2D eigenvalue weighted by molar-refractivity contribution is -0.0118. The number of ether oxygens (including phenoxy) is 3. The Hall–Kier alpha value is -3.77. The van der Waals surface area contributed by atoms with Crippen LogP contribution in [0.1, 0.15) is 53.6 Å². The van der Waals surface area contributed by atoms with E-state index in [1.807, 2.05) is 4.90 Å². The molecule has 0 bridgehead atoms. The molecule has 226 valence electrons. The van der Waals surface area contributed by atoms with Gasteiger partial charge in [0.05, 0.1) is 33.0 Å². The fourth-order valence-corrected chi connectivity index (χ4v) is 8.29. The number of anilines is 2. The Labute approximate surface area is 250 Å². The molecule has 3 aliphatic carbocycles. The van der Waals surface area contributed by atoms with Gasteiger partial charge in [-0.25, -0.2) is 8.42 Å². The van der Waals surface area contributed by atoms with Crippen LogP contribution < -0.4 is 19.1 Å². The third-order valence-corrected chi connectivity index (χ3v) is 11.3. The van der Waals surface area contributed by atoms with Gasteiger partial charge in [0.2, 0.25) is 0 Å². The molecule has 5 aliphatic rings. The first-order chi connectivity index (χ1) is 20.8. The summed E-state index contributed by atoms with van der Waals surface area (Å²) in [5.41, 5.74) is 4.10. The summed E-state index contributed by atoms with van der Waals surface area (Å²) < 4.78 is 53.2. The van der Waals surface area contributed by atoms with Crippen molar-refractivity contribution < 1.29 is 31.9 Å². The highest BCUT2D eigenvalue weighted by Crippen LogP contribution is 2.59. The first-order valence-corrected chi connectivity index (χ1v) is 16.3. The maximum absolute atomic E-state index is 14.0. The Bertz CT molecular complexity index is 1730. The summed E-state index contributed by atoms with van der Waals surface area (Å²) in [5, 5.41) is 4.22. The molecule has 1 amide bonds. The predicted octanol–water partition coefficient (Wildman–Crippen LogP) is 3.96. The van der Waals surface area contributed by atoms with Crippen molar-refractivity contribution >= 4 is 27.4 Å². The van der Waals surface area contributed by atoms with Gasteiger partial charge in [-0.3, -0.25) is 9.52 Å². The second-order valence-corrected chi connectivity index (χ2v) is 14.0. The standard InChI is InChI=1S/C31H34N4O7S/c1-39-24-14-19(29(36)35-12-13-41-18-31(35)8-9-31)15-25(40-2)27(24)43(37,38)33-28-22-17-30(6-7-30)23-5-4-20(34-10-3-11-34)16-21(23)26(22)42-32-28/h4-5,14-16H,3,6-13,17-18H2,1-2H3,(H,32,33). The molecule has 43 heavy (non-hydrogen) atoms. The van der Waals surface area contributed by atoms with Gasteiger partial charge in [-0.2, -0.15) is 0 Å². The van der Waals surface area contributed by atoms with Crippen LogP contribution in [0.15, 0.2) is 39.8 Å². The third kappa shape index (κ3) is 4.13. The number of morpholine rings is 1. The molecule has 3 heterocycles. The van der Waals surface area contributed by atoms with Gasteiger partial charge in [0.15, 0.2) is 16.5 Å². The van der Waals surface area contributed by atoms with Crippen LogP contribution >= 0.6 is 0 Å². The monoisotopic (exact) mass is 606 g/mol. The number of hydrogen-bond donors (Lipinski definition) is 1. The number of carbonyl (C=O) groups is 1. The smallest absolute Gasteiger partial charge is 0.270 e. The number of methoxy groups -OCH3 is 2. The number of amides is 1. The fourth-order valence-electron chi connectivity index (χ4n) is 6.96. The summed E-state index contributed by atoms with van der Waals surface area (Å²) in [5.74, 6) is 0.579. The van der Waals surface area contributed by atoms with Crippen molar-refractivity contribution in [1.82, 2.24) is 10.1 Å². The number of benzene rings is 2. The van der Waals surface area contributed by atoms with Crippen LogP contribution in [0.2, 0.25) is 0 Å². The number of nitrogens with one attached hydrogen (secondary N) is 1. The van der Waals surface area contributed by atoms with E-state index in [-0.39, 0.29) is 39.1 Å². The molecule has 2 saturated carbocycles. The Morgan fingerprint density at radius 3 is 2.40 bits per heavy atom. The van der Waals surface area contributed by atoms with Gasteiger partial charge in [-0.1, -0.05) is 11.2 Å². The summed E-state index contributed by atoms with van der Waals surface area (Å²) in [6.45, 7) is 3.51. The minimum absolute atomic E-state index is 0.00821. The summed E-state index contributed by atoms with van der Waals surface area (Å²) in [4.78, 5) is 17.5. The van der Waals surface area contributed by atoms with Gasteiger partial charge in [-0.15, -0.1) is 0 Å². The minimum atomic E-state index is -4.27. The third-order valence-electron chi connectivity index (χ3n) is 9.88. The van der Waals surface area contributed by atoms with Crippen molar-refractivity contribution in [3.05, 3.63) is 47.0 Å². The quantitative estimate of drug-likeness (QED) is 0.426. The Morgan fingerprint density at radius 1 is 1.02 bits per heavy atom. The van der Waals surface area contributed by atoms with E-state index in [2.05, 4.69) is 33.0 Å². The first kappa shape index (κ1) is 26.8. The second-order valence-electron chi connectivity index (χ2n) is 12.4. The molecule has 0 radical (unpaired) electrons. The Morgan fingerprint density at radius 2 is 1.77 bits per heavy atom. The molecule has 11 nitrogen and oxygen atoms in total. The van der Waals surface area contributed by atoms with E-state index in [0.29, 0.717) is 37.5 Å². The fraction of sp³-hybridized carbons (Fsp3) is 0.484. The molecule has 2 saturated heterocycles. The van der Waals surface area contributed by atoms with E-state index in [9.17, 15) is 13.2 Å². The zero-order chi connectivity index (χ0) is 29.6. The van der Waals surface area contributed by atoms with Crippen molar-refractivity contribution in [2.75, 3.05) is 56.7 Å². The lowest BCUT2D eigenvalue weighted by Gasteiger charge is -2.36. The summed E-state index contributed by atoms with van der Waals surface area (Å²) in [6.07, 6.45) is 5.65. The summed E-state index contributed by atoms with van der Waals surface area (Å²) in [7, 11) is -1.52. The van der Waals surface area contributed by atoms with Crippen molar-refractivity contribution in [2.24, 2.45) is 0 Å². The number of rotatable bonds is 7. The molecule has 4 fully saturated rings. The predicted molar refractivity (Wildman–Crippen MR) is 158 cm³/mol. The van der Waals surface area contributed by atoms with E-state index in [0.717, 1.165) is 55.6 Å². The second kappa shape index (κ2) is 9.36. The van der Waals surface area contributed by atoms with Crippen molar-refractivity contribution in [2.45, 2.75) is 54.4 Å². The molecular weight excluding hydrogens is 572 g/mol. The van der Waals surface area contributed by atoms with Crippen molar-refractivity contribution in [3.63, 3.8) is 0 Å². The molecule has 1 aromatic heterocycles. The lowest BCUT2D eigenvalue weighted by atomic mass is 9.79. The van der Waals surface area contributed by atoms with E-state index in [1.54, 1.807) is 0 Å². The zero-order valence-corrected chi connectivity index (χ0v) is 25.1. The van der Waals surface area contributed by atoms with Crippen LogP contribution in [-0.2, 0) is 26.6 Å². The van der Waals surface area contributed by atoms with Crippen LogP contribution in [0.3, 0.4) is 0 Å². The van der Waals surface area contributed by atoms with Crippen LogP contribution in [0, 0.1) is 0 Å². The number of aromatic nitrogens is 1. The lowest BCUT2D eigenvalue weighted by Crippen LogP contribution is -2.50. The molecule has 8 rings (SSSR count). The van der Waals surface area contributed by atoms with E-state index < -0.39 is 10.0 Å². The van der Waals surface area contributed by atoms with Gasteiger partial charge in [0.1, 0.15) is 11.5 Å². The molecule has 0 atom stereocenters. The highest BCUT2D eigenvalue weighted by atomic mass is 32.2. The van der Waals surface area contributed by atoms with Gasteiger partial charge in [0, 0.05) is 47.4 Å². The number of sulfonamides is 1. The highest BCUT2D eigenvalue weighted by molar-refractivity contribution is 7.93. The average molecular weight is 607 g/mol. The average Bonchev–Trinajstić information content (AvgIpc) is 3.90. The van der Waals surface area contributed by atoms with Crippen LogP contribution in [-0.4, -0.2) is 77.0 Å². The minimum Gasteiger partial charge on any atom is -0.495 e. The Kier molecular flexibility index (Phi) is 5.84. The van der Waals surface area contributed by atoms with Gasteiger partial charge in [0.25, 0.3) is 15.9 Å². The van der Waals surface area contributed by atoms with E-state index >= 15 is 0 Å². The normalized spacial score (nSPS) is 20.7. The topological polar surface area (TPSA) is 123 Å². The molecule has 3 aromatic rings. The van der Waals surface area contributed by atoms with Crippen LogP contribution in [0.5, 0.6) is 11.5 Å². The molecule has 2 spiro atoms. The van der Waals surface area contributed by atoms with Gasteiger partial charge in [-0.05, 0) is 68.4 Å². The number of hydrogen-bond acceptors (Lipinski definition) is 9. The highest BCUT2D eigenvalue weighted by Gasteiger charge is 2.53. The number of nitrogens with zero attached hydrogens (tertiary/aromatic N) is 3. The molecule has 1 N–H and O–H groups in total. The largest absolute Gasteiger partial charge is 0.495 e. The maximum Gasteiger partial charge on any atom is 0.270 e. The molecule has 2 aromatic carbocycles. The van der Waals surface area contributed by atoms with E-state index in [4.69, 9.17) is 18.7 Å². The van der Waals surface area contributed by atoms with Crippen molar-refractivity contribution in [1.29, 1.82) is 0 Å². The SMILES string of the molecule is COc1cc(C(=O)N2CCOCC23CC3)cc(OC)c1S(=O)(=O)Nc1noc2c1CC1(CC1)c1ccc(N3CCC3)cc1-2. The first-order valence-electron chi connectivity index (χ1n) is 14.8. The zero-order valence-electron chi connectivity index (χ0n) is 24.3. The van der Waals surface area contributed by atoms with Crippen LogP contribution in [0.25, 0.3) is 11.3 Å².